The third-order valence-corrected chi connectivity index (χ3v) is 5.12. The summed E-state index contributed by atoms with van der Waals surface area (Å²) in [5.41, 5.74) is 5.92. The van der Waals surface area contributed by atoms with Crippen molar-refractivity contribution >= 4 is 28.7 Å². The number of hydrogen-bond acceptors (Lipinski definition) is 8. The van der Waals surface area contributed by atoms with E-state index in [1.165, 1.54) is 22.7 Å². The molecule has 1 aliphatic carbocycles. The van der Waals surface area contributed by atoms with Crippen LogP contribution in [-0.2, 0) is 0 Å². The van der Waals surface area contributed by atoms with Crippen molar-refractivity contribution in [1.29, 1.82) is 0 Å². The van der Waals surface area contributed by atoms with Crippen molar-refractivity contribution in [3.63, 3.8) is 0 Å². The van der Waals surface area contributed by atoms with Gasteiger partial charge in [0.2, 0.25) is 0 Å². The molecule has 22 heavy (non-hydrogen) atoms. The Morgan fingerprint density at radius 3 is 2.73 bits per heavy atom. The lowest BCUT2D eigenvalue weighted by molar-refractivity contribution is -0.0822. The van der Waals surface area contributed by atoms with E-state index in [0.717, 1.165) is 0 Å². The molecule has 0 radical (unpaired) electrons. The topological polar surface area (TPSA) is 130 Å². The molecule has 0 amide bonds. The maximum absolute atomic E-state index is 10.5. The van der Waals surface area contributed by atoms with Gasteiger partial charge in [0, 0.05) is 5.41 Å². The van der Waals surface area contributed by atoms with E-state index in [4.69, 9.17) is 5.73 Å². The van der Waals surface area contributed by atoms with Crippen molar-refractivity contribution < 1.29 is 15.3 Å². The zero-order valence-corrected chi connectivity index (χ0v) is 13.2. The van der Waals surface area contributed by atoms with Gasteiger partial charge in [0.25, 0.3) is 0 Å². The molecule has 0 bridgehead atoms. The summed E-state index contributed by atoms with van der Waals surface area (Å²) in [6.45, 7) is 1.76. The molecule has 2 aromatic heterocycles. The summed E-state index contributed by atoms with van der Waals surface area (Å²) in [6, 6.07) is 0. The lowest BCUT2D eigenvalue weighted by atomic mass is 9.96. The van der Waals surface area contributed by atoms with Crippen LogP contribution in [-0.4, -0.2) is 53.8 Å². The van der Waals surface area contributed by atoms with Crippen LogP contribution in [0.25, 0.3) is 11.2 Å². The highest BCUT2D eigenvalue weighted by atomic mass is 32.2. The Morgan fingerprint density at radius 1 is 1.50 bits per heavy atom. The number of hydrogen-bond donors (Lipinski definition) is 4. The van der Waals surface area contributed by atoms with E-state index in [1.54, 1.807) is 0 Å². The lowest BCUT2D eigenvalue weighted by Gasteiger charge is -2.26. The van der Waals surface area contributed by atoms with Gasteiger partial charge in [-0.25, -0.2) is 15.0 Å². The standard InChI is InChI=1S/C13H19N5O3S/c1-6-3-13(6,4-19)8(20)11(21)18-5-15-7-9(14)16-12(22-2)17-10(7)18/h5-6,8,11,19-21H,3-4H2,1-2H3,(H2,14,16,17)/t6?,8-,11?,13-/m0/s1. The fraction of sp³-hybridized carbons (Fsp3) is 0.615. The Morgan fingerprint density at radius 2 is 2.18 bits per heavy atom. The number of imidazole rings is 1. The minimum atomic E-state index is -1.26. The molecule has 2 heterocycles. The highest BCUT2D eigenvalue weighted by Crippen LogP contribution is 2.56. The van der Waals surface area contributed by atoms with E-state index in [9.17, 15) is 15.3 Å². The fourth-order valence-electron chi connectivity index (χ4n) is 2.89. The van der Waals surface area contributed by atoms with Crippen molar-refractivity contribution in [2.45, 2.75) is 30.8 Å². The van der Waals surface area contributed by atoms with Crippen LogP contribution >= 0.6 is 11.8 Å². The van der Waals surface area contributed by atoms with Crippen LogP contribution in [0.3, 0.4) is 0 Å². The van der Waals surface area contributed by atoms with E-state index >= 15 is 0 Å². The quantitative estimate of drug-likeness (QED) is 0.446. The third kappa shape index (κ3) is 2.16. The Kier molecular flexibility index (Phi) is 3.76. The molecule has 1 fully saturated rings. The third-order valence-electron chi connectivity index (χ3n) is 4.57. The number of aliphatic hydroxyl groups excluding tert-OH is 3. The predicted octanol–water partition coefficient (Wildman–Crippen LogP) is 0.000700. The van der Waals surface area contributed by atoms with Crippen LogP contribution in [0.1, 0.15) is 19.6 Å². The molecule has 8 nitrogen and oxygen atoms in total. The number of fused-ring (bicyclic) bond motifs is 1. The van der Waals surface area contributed by atoms with E-state index in [0.29, 0.717) is 22.7 Å². The first-order chi connectivity index (χ1) is 10.4. The second-order valence-electron chi connectivity index (χ2n) is 5.77. The van der Waals surface area contributed by atoms with Crippen molar-refractivity contribution in [3.8, 4) is 0 Å². The first kappa shape index (κ1) is 15.5. The van der Waals surface area contributed by atoms with Gasteiger partial charge in [0.1, 0.15) is 11.6 Å². The number of nitrogens with zero attached hydrogens (tertiary/aromatic N) is 4. The van der Waals surface area contributed by atoms with Crippen molar-refractivity contribution in [1.82, 2.24) is 19.5 Å². The Bertz CT molecular complexity index is 704. The van der Waals surface area contributed by atoms with Crippen molar-refractivity contribution in [3.05, 3.63) is 6.33 Å². The maximum Gasteiger partial charge on any atom is 0.191 e. The number of aromatic nitrogens is 4. The van der Waals surface area contributed by atoms with Crippen LogP contribution in [0.5, 0.6) is 0 Å². The molecule has 0 spiro atoms. The van der Waals surface area contributed by atoms with Gasteiger partial charge < -0.3 is 21.1 Å². The molecular formula is C13H19N5O3S. The summed E-state index contributed by atoms with van der Waals surface area (Å²) in [5.74, 6) is 0.379. The molecule has 3 rings (SSSR count). The van der Waals surface area contributed by atoms with Gasteiger partial charge in [-0.2, -0.15) is 0 Å². The summed E-state index contributed by atoms with van der Waals surface area (Å²) in [4.78, 5) is 12.5. The first-order valence-corrected chi connectivity index (χ1v) is 8.18. The fourth-order valence-corrected chi connectivity index (χ4v) is 3.26. The molecular weight excluding hydrogens is 306 g/mol. The summed E-state index contributed by atoms with van der Waals surface area (Å²) in [6.07, 6.45) is 1.50. The zero-order chi connectivity index (χ0) is 16.1. The average molecular weight is 325 g/mol. The molecule has 120 valence electrons. The van der Waals surface area contributed by atoms with E-state index in [1.807, 2.05) is 13.2 Å². The van der Waals surface area contributed by atoms with Gasteiger partial charge in [-0.05, 0) is 18.6 Å². The highest BCUT2D eigenvalue weighted by Gasteiger charge is 2.58. The Labute approximate surface area is 131 Å². The molecule has 1 saturated carbocycles. The van der Waals surface area contributed by atoms with Crippen LogP contribution in [0, 0.1) is 11.3 Å². The van der Waals surface area contributed by atoms with Crippen LogP contribution in [0.15, 0.2) is 11.5 Å². The van der Waals surface area contributed by atoms with Crippen molar-refractivity contribution in [2.24, 2.45) is 11.3 Å². The molecule has 1 aliphatic rings. The average Bonchev–Trinajstić information content (AvgIpc) is 2.99. The highest BCUT2D eigenvalue weighted by molar-refractivity contribution is 7.98. The molecule has 0 aliphatic heterocycles. The van der Waals surface area contributed by atoms with Gasteiger partial charge >= 0.3 is 0 Å². The van der Waals surface area contributed by atoms with Gasteiger partial charge in [0.15, 0.2) is 22.8 Å². The summed E-state index contributed by atoms with van der Waals surface area (Å²) in [7, 11) is 0. The minimum absolute atomic E-state index is 0.151. The maximum atomic E-state index is 10.5. The molecule has 2 aromatic rings. The van der Waals surface area contributed by atoms with Gasteiger partial charge in [-0.3, -0.25) is 4.57 Å². The van der Waals surface area contributed by atoms with E-state index < -0.39 is 17.7 Å². The van der Waals surface area contributed by atoms with Gasteiger partial charge in [0.05, 0.1) is 12.9 Å². The van der Waals surface area contributed by atoms with Gasteiger partial charge in [-0.15, -0.1) is 0 Å². The second-order valence-corrected chi connectivity index (χ2v) is 6.55. The molecule has 0 aromatic carbocycles. The predicted molar refractivity (Wildman–Crippen MR) is 82.1 cm³/mol. The zero-order valence-electron chi connectivity index (χ0n) is 12.3. The largest absolute Gasteiger partial charge is 0.396 e. The lowest BCUT2D eigenvalue weighted by Crippen LogP contribution is -2.36. The Balaban J connectivity index is 2.01. The van der Waals surface area contributed by atoms with E-state index in [2.05, 4.69) is 15.0 Å². The molecule has 2 unspecified atom stereocenters. The van der Waals surface area contributed by atoms with Crippen molar-refractivity contribution in [2.75, 3.05) is 18.6 Å². The minimum Gasteiger partial charge on any atom is -0.396 e. The SMILES string of the molecule is CSc1nc(N)c2ncn(C(O)[C@H](O)[C@]3(CO)CC3C)c2n1. The summed E-state index contributed by atoms with van der Waals surface area (Å²) >= 11 is 1.33. The second kappa shape index (κ2) is 5.34. The van der Waals surface area contributed by atoms with E-state index in [-0.39, 0.29) is 18.3 Å². The monoisotopic (exact) mass is 325 g/mol. The van der Waals surface area contributed by atoms with Gasteiger partial charge in [-0.1, -0.05) is 18.7 Å². The molecule has 9 heteroatoms. The summed E-state index contributed by atoms with van der Waals surface area (Å²) < 4.78 is 1.38. The molecule has 5 N–H and O–H groups in total. The van der Waals surface area contributed by atoms with Crippen LogP contribution in [0.4, 0.5) is 5.82 Å². The number of thioether (sulfide) groups is 1. The number of anilines is 1. The van der Waals surface area contributed by atoms with Crippen LogP contribution in [0.2, 0.25) is 0 Å². The molecule has 4 atom stereocenters. The number of nitrogens with two attached hydrogens (primary N) is 1. The first-order valence-electron chi connectivity index (χ1n) is 6.95. The number of rotatable bonds is 5. The molecule has 0 saturated heterocycles. The normalized spacial score (nSPS) is 27.0. The summed E-state index contributed by atoms with van der Waals surface area (Å²) in [5, 5.41) is 31.0. The van der Waals surface area contributed by atoms with Crippen LogP contribution < -0.4 is 5.73 Å². The number of aliphatic hydroxyl groups is 3. The Hall–Kier alpha value is -1.42. The smallest absolute Gasteiger partial charge is 0.191 e. The number of nitrogen functional groups attached to an aromatic ring is 1.